The molecule has 3 N–H and O–H groups in total. The van der Waals surface area contributed by atoms with Crippen molar-refractivity contribution in [3.05, 3.63) is 60.2 Å². The third-order valence-electron chi connectivity index (χ3n) is 6.27. The van der Waals surface area contributed by atoms with Crippen LogP contribution in [0.3, 0.4) is 0 Å². The molecule has 0 atom stereocenters. The summed E-state index contributed by atoms with van der Waals surface area (Å²) in [4.78, 5) is 49.6. The molecule has 5 heterocycles. The number of amides is 3. The first-order valence-electron chi connectivity index (χ1n) is 11.1. The first-order valence-corrected chi connectivity index (χ1v) is 11.1. The lowest BCUT2D eigenvalue weighted by Crippen LogP contribution is -2.40. The fourth-order valence-corrected chi connectivity index (χ4v) is 4.47. The maximum atomic E-state index is 12.9. The van der Waals surface area contributed by atoms with Gasteiger partial charge in [0.1, 0.15) is 22.9 Å². The smallest absolute Gasteiger partial charge is 0.329 e. The minimum atomic E-state index is -0.496. The van der Waals surface area contributed by atoms with Crippen molar-refractivity contribution in [2.45, 2.75) is 13.3 Å². The van der Waals surface area contributed by atoms with Gasteiger partial charge in [0, 0.05) is 48.4 Å². The van der Waals surface area contributed by atoms with Crippen LogP contribution in [0.1, 0.15) is 23.7 Å². The monoisotopic (exact) mass is 468 g/mol. The van der Waals surface area contributed by atoms with Gasteiger partial charge in [-0.05, 0) is 12.1 Å². The normalized spacial score (nSPS) is 15.5. The summed E-state index contributed by atoms with van der Waals surface area (Å²) >= 11 is 0. The molecular formula is C24H20N8O3. The molecule has 0 radical (unpaired) electrons. The van der Waals surface area contributed by atoms with Crippen LogP contribution in [0.4, 0.5) is 16.4 Å². The molecule has 1 fully saturated rings. The minimum Gasteiger partial charge on any atom is -0.383 e. The lowest BCUT2D eigenvalue weighted by molar-refractivity contribution is -0.116. The Labute approximate surface area is 198 Å². The van der Waals surface area contributed by atoms with E-state index < -0.39 is 11.9 Å². The van der Waals surface area contributed by atoms with Crippen molar-refractivity contribution < 1.29 is 14.4 Å². The number of ketones is 1. The molecule has 3 aromatic heterocycles. The molecule has 174 valence electrons. The average Bonchev–Trinajstić information content (AvgIpc) is 3.43. The molecule has 0 spiro atoms. The van der Waals surface area contributed by atoms with Crippen molar-refractivity contribution in [1.29, 1.82) is 0 Å². The second kappa shape index (κ2) is 7.62. The zero-order valence-corrected chi connectivity index (χ0v) is 18.7. The maximum absolute atomic E-state index is 12.9. The molecule has 2 aliphatic rings. The number of nitrogens with one attached hydrogen (secondary N) is 1. The number of pyridine rings is 1. The third-order valence-corrected chi connectivity index (χ3v) is 6.27. The van der Waals surface area contributed by atoms with Gasteiger partial charge in [0.05, 0.1) is 11.7 Å². The number of Topliss-reactive ketones (excluding diaryl/α,β-unsaturated/α-hetero) is 1. The summed E-state index contributed by atoms with van der Waals surface area (Å²) in [5, 5.41) is 7.66. The minimum absolute atomic E-state index is 0.157. The standard InChI is InChI=1S/C24H20N8O3/c1-2-18(33)19-20(25)32-21(15(11-27-32)14-9-13-5-3-4-6-16(13)26-10-14)28-22(19)30-7-8-31-17(12-30)23(34)29-24(31)35/h3-6,9-12H,2,7-8,25H2,1H3,(H,29,34,35). The molecule has 0 aliphatic carbocycles. The Balaban J connectivity index is 1.56. The van der Waals surface area contributed by atoms with E-state index >= 15 is 0 Å². The lowest BCUT2D eigenvalue weighted by atomic mass is 10.1. The molecule has 1 aromatic carbocycles. The van der Waals surface area contributed by atoms with Crippen LogP contribution in [-0.2, 0) is 4.79 Å². The Morgan fingerprint density at radius 1 is 1.17 bits per heavy atom. The summed E-state index contributed by atoms with van der Waals surface area (Å²) in [6.07, 6.45) is 5.13. The van der Waals surface area contributed by atoms with E-state index in [-0.39, 0.29) is 35.8 Å². The van der Waals surface area contributed by atoms with E-state index in [1.165, 1.54) is 15.6 Å². The number of hydrogen-bond donors (Lipinski definition) is 2. The number of urea groups is 1. The van der Waals surface area contributed by atoms with Gasteiger partial charge in [-0.1, -0.05) is 25.1 Å². The third kappa shape index (κ3) is 3.12. The van der Waals surface area contributed by atoms with Gasteiger partial charge in [0.2, 0.25) is 0 Å². The topological polar surface area (TPSA) is 139 Å². The Kier molecular flexibility index (Phi) is 4.53. The van der Waals surface area contributed by atoms with Gasteiger partial charge in [0.15, 0.2) is 11.4 Å². The molecule has 0 bridgehead atoms. The molecule has 4 aromatic rings. The molecule has 11 nitrogen and oxygen atoms in total. The average molecular weight is 468 g/mol. The number of anilines is 2. The zero-order valence-electron chi connectivity index (χ0n) is 18.7. The van der Waals surface area contributed by atoms with Crippen LogP contribution >= 0.6 is 0 Å². The van der Waals surface area contributed by atoms with Crippen molar-refractivity contribution in [1.82, 2.24) is 29.8 Å². The molecular weight excluding hydrogens is 448 g/mol. The zero-order chi connectivity index (χ0) is 24.3. The largest absolute Gasteiger partial charge is 0.383 e. The number of hydrogen-bond acceptors (Lipinski definition) is 8. The van der Waals surface area contributed by atoms with Crippen molar-refractivity contribution in [3.63, 3.8) is 0 Å². The highest BCUT2D eigenvalue weighted by molar-refractivity contribution is 6.12. The number of nitrogen functional groups attached to an aromatic ring is 1. The number of nitrogens with zero attached hydrogens (tertiary/aromatic N) is 6. The molecule has 1 saturated heterocycles. The van der Waals surface area contributed by atoms with Crippen LogP contribution < -0.4 is 16.0 Å². The molecule has 35 heavy (non-hydrogen) atoms. The predicted octanol–water partition coefficient (Wildman–Crippen LogP) is 2.33. The number of aromatic nitrogens is 4. The number of rotatable bonds is 4. The highest BCUT2D eigenvalue weighted by Gasteiger charge is 2.37. The van der Waals surface area contributed by atoms with E-state index in [0.29, 0.717) is 23.6 Å². The van der Waals surface area contributed by atoms with E-state index in [9.17, 15) is 14.4 Å². The highest BCUT2D eigenvalue weighted by atomic mass is 16.2. The number of carbonyl (C=O) groups excluding carboxylic acids is 3. The van der Waals surface area contributed by atoms with Gasteiger partial charge >= 0.3 is 6.03 Å². The van der Waals surface area contributed by atoms with Crippen molar-refractivity contribution in [2.75, 3.05) is 23.7 Å². The predicted molar refractivity (Wildman–Crippen MR) is 128 cm³/mol. The Morgan fingerprint density at radius 3 is 2.83 bits per heavy atom. The Morgan fingerprint density at radius 2 is 2.00 bits per heavy atom. The van der Waals surface area contributed by atoms with Crippen LogP contribution in [0.2, 0.25) is 0 Å². The van der Waals surface area contributed by atoms with E-state index in [0.717, 1.165) is 16.5 Å². The molecule has 2 aliphatic heterocycles. The molecule has 0 saturated carbocycles. The summed E-state index contributed by atoms with van der Waals surface area (Å²) in [6.45, 7) is 2.33. The summed E-state index contributed by atoms with van der Waals surface area (Å²) in [5.41, 5.74) is 9.72. The second-order valence-corrected chi connectivity index (χ2v) is 8.30. The number of para-hydroxylation sites is 1. The fraction of sp³-hybridized carbons (Fsp3) is 0.167. The first kappa shape index (κ1) is 20.8. The van der Waals surface area contributed by atoms with E-state index in [2.05, 4.69) is 15.4 Å². The maximum Gasteiger partial charge on any atom is 0.329 e. The molecule has 3 amide bonds. The summed E-state index contributed by atoms with van der Waals surface area (Å²) in [6, 6.07) is 9.31. The van der Waals surface area contributed by atoms with E-state index in [1.54, 1.807) is 24.2 Å². The number of fused-ring (bicyclic) bond motifs is 3. The van der Waals surface area contributed by atoms with Gasteiger partial charge in [-0.25, -0.2) is 9.78 Å². The fourth-order valence-electron chi connectivity index (χ4n) is 4.47. The number of imide groups is 1. The van der Waals surface area contributed by atoms with Crippen molar-refractivity contribution in [3.8, 4) is 11.1 Å². The second-order valence-electron chi connectivity index (χ2n) is 8.30. The van der Waals surface area contributed by atoms with Crippen LogP contribution in [0, 0.1) is 0 Å². The summed E-state index contributed by atoms with van der Waals surface area (Å²) in [7, 11) is 0. The Bertz CT molecular complexity index is 1610. The summed E-state index contributed by atoms with van der Waals surface area (Å²) < 4.78 is 1.45. The van der Waals surface area contributed by atoms with Crippen LogP contribution in [0.25, 0.3) is 27.7 Å². The lowest BCUT2D eigenvalue weighted by Gasteiger charge is -2.30. The number of benzene rings is 1. The van der Waals surface area contributed by atoms with E-state index in [4.69, 9.17) is 10.7 Å². The van der Waals surface area contributed by atoms with Crippen molar-refractivity contribution in [2.24, 2.45) is 0 Å². The van der Waals surface area contributed by atoms with Crippen molar-refractivity contribution >= 4 is 45.9 Å². The van der Waals surface area contributed by atoms with Gasteiger partial charge < -0.3 is 10.6 Å². The first-order chi connectivity index (χ1) is 17.0. The van der Waals surface area contributed by atoms with Gasteiger partial charge in [0.25, 0.3) is 5.91 Å². The molecule has 0 unspecified atom stereocenters. The van der Waals surface area contributed by atoms with Gasteiger partial charge in [-0.15, -0.1) is 0 Å². The quantitative estimate of drug-likeness (QED) is 0.344. The van der Waals surface area contributed by atoms with E-state index in [1.807, 2.05) is 30.3 Å². The number of nitrogens with two attached hydrogens (primary N) is 1. The van der Waals surface area contributed by atoms with Crippen LogP contribution in [0.15, 0.2) is 54.6 Å². The highest BCUT2D eigenvalue weighted by Crippen LogP contribution is 2.34. The van der Waals surface area contributed by atoms with Gasteiger partial charge in [-0.2, -0.15) is 9.61 Å². The SMILES string of the molecule is CCC(=O)c1c(N2C=C3C(=O)NC(=O)N3CC2)nc2c(-c3cnc4ccccc4c3)cnn2c1N. The van der Waals surface area contributed by atoms with Crippen LogP contribution in [0.5, 0.6) is 0 Å². The van der Waals surface area contributed by atoms with Crippen LogP contribution in [-0.4, -0.2) is 55.3 Å². The Hall–Kier alpha value is -4.80. The van der Waals surface area contributed by atoms with Gasteiger partial charge in [-0.3, -0.25) is 24.8 Å². The number of carbonyl (C=O) groups is 3. The summed E-state index contributed by atoms with van der Waals surface area (Å²) in [5.74, 6) is -0.227. The molecule has 6 rings (SSSR count). The molecule has 11 heteroatoms.